The molecule has 0 aliphatic carbocycles. The second-order valence-corrected chi connectivity index (χ2v) is 4.63. The minimum Gasteiger partial charge on any atom is -0.457 e. The van der Waals surface area contributed by atoms with E-state index in [9.17, 15) is 0 Å². The molecule has 0 heterocycles. The van der Waals surface area contributed by atoms with Crippen LogP contribution in [-0.4, -0.2) is 4.99 Å². The molecule has 18 heavy (non-hydrogen) atoms. The summed E-state index contributed by atoms with van der Waals surface area (Å²) in [6.45, 7) is 4.12. The summed E-state index contributed by atoms with van der Waals surface area (Å²) >= 11 is 4.91. The van der Waals surface area contributed by atoms with Gasteiger partial charge in [0.2, 0.25) is 0 Å². The fraction of sp³-hybridized carbons (Fsp3) is 0.133. The lowest BCUT2D eigenvalue weighted by molar-refractivity contribution is 0.478. The standard InChI is InChI=1S/C15H15NOS/c1-10-4-3-5-14(11(10)2)17-13-8-6-12(7-9-13)15(16)18/h3-9H,1-2H3,(H2,16,18). The van der Waals surface area contributed by atoms with Crippen LogP contribution < -0.4 is 10.5 Å². The molecule has 0 aliphatic rings. The second kappa shape index (κ2) is 5.19. The van der Waals surface area contributed by atoms with E-state index in [0.717, 1.165) is 22.6 Å². The Bertz CT molecular complexity index is 576. The molecule has 2 nitrogen and oxygen atoms in total. The summed E-state index contributed by atoms with van der Waals surface area (Å²) in [6, 6.07) is 13.5. The monoisotopic (exact) mass is 257 g/mol. The summed E-state index contributed by atoms with van der Waals surface area (Å²) in [5.41, 5.74) is 8.76. The van der Waals surface area contributed by atoms with Gasteiger partial charge in [0, 0.05) is 5.56 Å². The van der Waals surface area contributed by atoms with E-state index < -0.39 is 0 Å². The highest BCUT2D eigenvalue weighted by atomic mass is 32.1. The lowest BCUT2D eigenvalue weighted by Gasteiger charge is -2.10. The topological polar surface area (TPSA) is 35.2 Å². The maximum Gasteiger partial charge on any atom is 0.130 e. The number of thiocarbonyl (C=S) groups is 1. The van der Waals surface area contributed by atoms with Gasteiger partial charge in [0.15, 0.2) is 0 Å². The van der Waals surface area contributed by atoms with Crippen molar-refractivity contribution in [1.82, 2.24) is 0 Å². The van der Waals surface area contributed by atoms with Gasteiger partial charge in [0.25, 0.3) is 0 Å². The summed E-state index contributed by atoms with van der Waals surface area (Å²) in [4.78, 5) is 0.397. The predicted molar refractivity (Wildman–Crippen MR) is 78.3 cm³/mol. The fourth-order valence-corrected chi connectivity index (χ4v) is 1.79. The Morgan fingerprint density at radius 2 is 1.72 bits per heavy atom. The zero-order valence-corrected chi connectivity index (χ0v) is 11.3. The zero-order chi connectivity index (χ0) is 13.1. The van der Waals surface area contributed by atoms with Crippen molar-refractivity contribution in [3.05, 3.63) is 59.2 Å². The lowest BCUT2D eigenvalue weighted by Crippen LogP contribution is -2.08. The van der Waals surface area contributed by atoms with E-state index in [-0.39, 0.29) is 0 Å². The van der Waals surface area contributed by atoms with Crippen molar-refractivity contribution in [3.63, 3.8) is 0 Å². The van der Waals surface area contributed by atoms with Crippen molar-refractivity contribution in [3.8, 4) is 11.5 Å². The molecule has 0 radical (unpaired) electrons. The van der Waals surface area contributed by atoms with E-state index in [4.69, 9.17) is 22.7 Å². The second-order valence-electron chi connectivity index (χ2n) is 4.19. The molecule has 2 aromatic rings. The number of aryl methyl sites for hydroxylation is 1. The number of hydrogen-bond acceptors (Lipinski definition) is 2. The molecule has 2 rings (SSSR count). The van der Waals surface area contributed by atoms with Gasteiger partial charge in [-0.05, 0) is 55.3 Å². The van der Waals surface area contributed by atoms with Crippen molar-refractivity contribution in [2.45, 2.75) is 13.8 Å². The van der Waals surface area contributed by atoms with Crippen molar-refractivity contribution in [2.24, 2.45) is 5.73 Å². The molecule has 92 valence electrons. The van der Waals surface area contributed by atoms with Crippen LogP contribution in [0.5, 0.6) is 11.5 Å². The Hall–Kier alpha value is -1.87. The fourth-order valence-electron chi connectivity index (χ4n) is 1.65. The van der Waals surface area contributed by atoms with Crippen LogP contribution >= 0.6 is 12.2 Å². The summed E-state index contributed by atoms with van der Waals surface area (Å²) in [6.07, 6.45) is 0. The molecule has 0 aliphatic heterocycles. The normalized spacial score (nSPS) is 10.1. The highest BCUT2D eigenvalue weighted by Crippen LogP contribution is 2.26. The van der Waals surface area contributed by atoms with Crippen LogP contribution in [0.15, 0.2) is 42.5 Å². The molecular weight excluding hydrogens is 242 g/mol. The van der Waals surface area contributed by atoms with Gasteiger partial charge < -0.3 is 10.5 Å². The van der Waals surface area contributed by atoms with Gasteiger partial charge in [-0.15, -0.1) is 0 Å². The van der Waals surface area contributed by atoms with Gasteiger partial charge in [-0.3, -0.25) is 0 Å². The average molecular weight is 257 g/mol. The summed E-state index contributed by atoms with van der Waals surface area (Å²) < 4.78 is 5.84. The average Bonchev–Trinajstić information content (AvgIpc) is 2.36. The number of benzene rings is 2. The molecule has 2 N–H and O–H groups in total. The first-order valence-corrected chi connectivity index (χ1v) is 6.12. The third-order valence-corrected chi connectivity index (χ3v) is 3.16. The number of hydrogen-bond donors (Lipinski definition) is 1. The summed E-state index contributed by atoms with van der Waals surface area (Å²) in [5, 5.41) is 0. The van der Waals surface area contributed by atoms with Crippen LogP contribution in [0.2, 0.25) is 0 Å². The van der Waals surface area contributed by atoms with Crippen molar-refractivity contribution in [2.75, 3.05) is 0 Å². The third kappa shape index (κ3) is 2.68. The van der Waals surface area contributed by atoms with Gasteiger partial charge >= 0.3 is 0 Å². The molecule has 0 saturated heterocycles. The van der Waals surface area contributed by atoms with Gasteiger partial charge in [-0.2, -0.15) is 0 Å². The Labute approximate surface area is 112 Å². The van der Waals surface area contributed by atoms with Crippen molar-refractivity contribution < 1.29 is 4.74 Å². The van der Waals surface area contributed by atoms with Crippen LogP contribution in [-0.2, 0) is 0 Å². The molecule has 0 spiro atoms. The molecule has 0 bridgehead atoms. The van der Waals surface area contributed by atoms with Crippen LogP contribution in [0.25, 0.3) is 0 Å². The van der Waals surface area contributed by atoms with E-state index in [0.29, 0.717) is 4.99 Å². The van der Waals surface area contributed by atoms with Gasteiger partial charge in [-0.1, -0.05) is 24.4 Å². The van der Waals surface area contributed by atoms with Crippen LogP contribution in [0, 0.1) is 13.8 Å². The van der Waals surface area contributed by atoms with E-state index in [1.165, 1.54) is 5.56 Å². The Balaban J connectivity index is 2.24. The largest absolute Gasteiger partial charge is 0.457 e. The van der Waals surface area contributed by atoms with Gasteiger partial charge in [0.1, 0.15) is 16.5 Å². The number of nitrogens with two attached hydrogens (primary N) is 1. The Morgan fingerprint density at radius 3 is 2.33 bits per heavy atom. The highest BCUT2D eigenvalue weighted by molar-refractivity contribution is 7.80. The minimum atomic E-state index is 0.397. The molecule has 0 saturated carbocycles. The third-order valence-electron chi connectivity index (χ3n) is 2.92. The zero-order valence-electron chi connectivity index (χ0n) is 10.4. The van der Waals surface area contributed by atoms with Gasteiger partial charge in [-0.25, -0.2) is 0 Å². The van der Waals surface area contributed by atoms with E-state index in [1.807, 2.05) is 43.3 Å². The highest BCUT2D eigenvalue weighted by Gasteiger charge is 2.03. The smallest absolute Gasteiger partial charge is 0.130 e. The number of ether oxygens (including phenoxy) is 1. The van der Waals surface area contributed by atoms with Crippen LogP contribution in [0.1, 0.15) is 16.7 Å². The van der Waals surface area contributed by atoms with E-state index >= 15 is 0 Å². The molecule has 0 amide bonds. The van der Waals surface area contributed by atoms with Crippen molar-refractivity contribution in [1.29, 1.82) is 0 Å². The first-order chi connectivity index (χ1) is 8.58. The Kier molecular flexibility index (Phi) is 3.63. The molecule has 0 fully saturated rings. The van der Waals surface area contributed by atoms with Crippen molar-refractivity contribution >= 4 is 17.2 Å². The van der Waals surface area contributed by atoms with E-state index in [2.05, 4.69) is 13.0 Å². The quantitative estimate of drug-likeness (QED) is 0.851. The molecule has 2 aromatic carbocycles. The maximum atomic E-state index is 5.84. The molecule has 0 atom stereocenters. The van der Waals surface area contributed by atoms with Crippen LogP contribution in [0.4, 0.5) is 0 Å². The number of rotatable bonds is 3. The first-order valence-electron chi connectivity index (χ1n) is 5.72. The minimum absolute atomic E-state index is 0.397. The lowest BCUT2D eigenvalue weighted by atomic mass is 10.1. The summed E-state index contributed by atoms with van der Waals surface area (Å²) in [7, 11) is 0. The Morgan fingerprint density at radius 1 is 1.06 bits per heavy atom. The molecular formula is C15H15NOS. The van der Waals surface area contributed by atoms with E-state index in [1.54, 1.807) is 0 Å². The maximum absolute atomic E-state index is 5.84. The molecule has 0 unspecified atom stereocenters. The predicted octanol–water partition coefficient (Wildman–Crippen LogP) is 3.73. The molecule has 0 aromatic heterocycles. The summed E-state index contributed by atoms with van der Waals surface area (Å²) in [5.74, 6) is 1.65. The SMILES string of the molecule is Cc1cccc(Oc2ccc(C(N)=S)cc2)c1C. The first kappa shape index (κ1) is 12.6. The van der Waals surface area contributed by atoms with Crippen LogP contribution in [0.3, 0.4) is 0 Å². The molecule has 3 heteroatoms. The van der Waals surface area contributed by atoms with Gasteiger partial charge in [0.05, 0.1) is 0 Å².